The van der Waals surface area contributed by atoms with Crippen molar-refractivity contribution in [3.05, 3.63) is 45.7 Å². The summed E-state index contributed by atoms with van der Waals surface area (Å²) < 4.78 is 0.871. The second kappa shape index (κ2) is 7.09. The van der Waals surface area contributed by atoms with Crippen molar-refractivity contribution >= 4 is 39.2 Å². The number of nitrogens with zero attached hydrogens (tertiary/aromatic N) is 3. The van der Waals surface area contributed by atoms with Crippen molar-refractivity contribution in [2.24, 2.45) is 0 Å². The predicted octanol–water partition coefficient (Wildman–Crippen LogP) is 4.52. The Bertz CT molecular complexity index is 603. The topological polar surface area (TPSA) is 41.1 Å². The maximum Gasteiger partial charge on any atom is 0.148 e. The number of benzene rings is 1. The van der Waals surface area contributed by atoms with E-state index in [0.717, 1.165) is 27.7 Å². The van der Waals surface area contributed by atoms with E-state index in [1.54, 1.807) is 6.33 Å². The van der Waals surface area contributed by atoms with Crippen LogP contribution in [0.15, 0.2) is 35.1 Å². The Labute approximate surface area is 138 Å². The summed E-state index contributed by atoms with van der Waals surface area (Å²) in [6.07, 6.45) is 1.57. The zero-order chi connectivity index (χ0) is 15.4. The second-order valence-electron chi connectivity index (χ2n) is 4.73. The number of nitrogens with one attached hydrogen (secondary N) is 1. The third-order valence-electron chi connectivity index (χ3n) is 3.38. The van der Waals surface area contributed by atoms with Crippen LogP contribution in [-0.2, 0) is 0 Å². The molecule has 1 aromatic heterocycles. The third kappa shape index (κ3) is 3.66. The molecule has 21 heavy (non-hydrogen) atoms. The van der Waals surface area contributed by atoms with E-state index in [-0.39, 0.29) is 6.04 Å². The molecule has 0 saturated carbocycles. The van der Waals surface area contributed by atoms with Crippen LogP contribution in [-0.4, -0.2) is 23.6 Å². The van der Waals surface area contributed by atoms with Crippen molar-refractivity contribution in [3.63, 3.8) is 0 Å². The quantitative estimate of drug-likeness (QED) is 0.841. The van der Waals surface area contributed by atoms with Crippen LogP contribution in [0.2, 0.25) is 5.02 Å². The van der Waals surface area contributed by atoms with Crippen molar-refractivity contribution < 1.29 is 0 Å². The molecule has 112 valence electrons. The van der Waals surface area contributed by atoms with E-state index in [2.05, 4.69) is 43.0 Å². The highest BCUT2D eigenvalue weighted by Crippen LogP contribution is 2.33. The van der Waals surface area contributed by atoms with Crippen LogP contribution in [0, 0.1) is 0 Å². The van der Waals surface area contributed by atoms with Gasteiger partial charge in [0.05, 0.1) is 6.04 Å². The van der Waals surface area contributed by atoms with E-state index in [1.165, 1.54) is 5.56 Å². The van der Waals surface area contributed by atoms with Gasteiger partial charge in [0, 0.05) is 18.6 Å². The lowest BCUT2D eigenvalue weighted by atomic mass is 10.1. The molecule has 0 saturated heterocycles. The first kappa shape index (κ1) is 16.0. The minimum Gasteiger partial charge on any atom is -0.369 e. The van der Waals surface area contributed by atoms with Gasteiger partial charge in [-0.15, -0.1) is 0 Å². The maximum atomic E-state index is 5.94. The molecular formula is C15H18BrClN4. The van der Waals surface area contributed by atoms with Crippen LogP contribution in [0.1, 0.15) is 25.5 Å². The Morgan fingerprint density at radius 1 is 1.29 bits per heavy atom. The van der Waals surface area contributed by atoms with E-state index in [1.807, 2.05) is 38.2 Å². The van der Waals surface area contributed by atoms with Crippen LogP contribution in [0.5, 0.6) is 0 Å². The Morgan fingerprint density at radius 2 is 1.95 bits per heavy atom. The molecule has 0 spiro atoms. The molecule has 1 unspecified atom stereocenters. The molecule has 1 N–H and O–H groups in total. The van der Waals surface area contributed by atoms with Crippen LogP contribution in [0.25, 0.3) is 0 Å². The molecule has 0 amide bonds. The summed E-state index contributed by atoms with van der Waals surface area (Å²) in [5, 5.41) is 3.96. The molecule has 0 aliphatic heterocycles. The van der Waals surface area contributed by atoms with Gasteiger partial charge in [0.1, 0.15) is 22.4 Å². The first-order valence-electron chi connectivity index (χ1n) is 6.77. The molecule has 0 aliphatic carbocycles. The Morgan fingerprint density at radius 3 is 2.57 bits per heavy atom. The number of hydrogen-bond donors (Lipinski definition) is 1. The van der Waals surface area contributed by atoms with Crippen LogP contribution < -0.4 is 10.2 Å². The summed E-state index contributed by atoms with van der Waals surface area (Å²) in [6, 6.07) is 8.04. The highest BCUT2D eigenvalue weighted by Gasteiger charge is 2.18. The fourth-order valence-electron chi connectivity index (χ4n) is 2.05. The fourth-order valence-corrected chi connectivity index (χ4v) is 2.80. The number of anilines is 2. The molecule has 0 bridgehead atoms. The van der Waals surface area contributed by atoms with Crippen molar-refractivity contribution in [1.29, 1.82) is 0 Å². The zero-order valence-corrected chi connectivity index (χ0v) is 14.6. The summed E-state index contributed by atoms with van der Waals surface area (Å²) in [5.74, 6) is 1.65. The number of halogens is 2. The van der Waals surface area contributed by atoms with E-state index in [0.29, 0.717) is 0 Å². The van der Waals surface area contributed by atoms with E-state index < -0.39 is 0 Å². The fraction of sp³-hybridized carbons (Fsp3) is 0.333. The summed E-state index contributed by atoms with van der Waals surface area (Å²) >= 11 is 9.53. The maximum absolute atomic E-state index is 5.94. The Hall–Kier alpha value is -1.33. The molecule has 6 heteroatoms. The standard InChI is InChI=1S/C15H18BrClN4/c1-4-18-14-13(16)15(20-9-19-14)21(3)10(2)11-5-7-12(17)8-6-11/h5-10H,4H2,1-3H3,(H,18,19,20). The number of rotatable bonds is 5. The first-order chi connectivity index (χ1) is 10.0. The van der Waals surface area contributed by atoms with Gasteiger partial charge in [0.15, 0.2) is 0 Å². The van der Waals surface area contributed by atoms with Crippen LogP contribution in [0.4, 0.5) is 11.6 Å². The highest BCUT2D eigenvalue weighted by molar-refractivity contribution is 9.10. The van der Waals surface area contributed by atoms with Crippen LogP contribution >= 0.6 is 27.5 Å². The van der Waals surface area contributed by atoms with Gasteiger partial charge in [0.25, 0.3) is 0 Å². The van der Waals surface area contributed by atoms with Gasteiger partial charge < -0.3 is 10.2 Å². The van der Waals surface area contributed by atoms with Gasteiger partial charge in [-0.1, -0.05) is 23.7 Å². The van der Waals surface area contributed by atoms with Gasteiger partial charge in [-0.25, -0.2) is 9.97 Å². The molecule has 2 aromatic rings. The molecule has 0 fully saturated rings. The monoisotopic (exact) mass is 368 g/mol. The summed E-state index contributed by atoms with van der Waals surface area (Å²) in [4.78, 5) is 10.7. The average molecular weight is 370 g/mol. The van der Waals surface area contributed by atoms with Crippen molar-refractivity contribution in [3.8, 4) is 0 Å². The molecule has 1 atom stereocenters. The largest absolute Gasteiger partial charge is 0.369 e. The van der Waals surface area contributed by atoms with E-state index >= 15 is 0 Å². The first-order valence-corrected chi connectivity index (χ1v) is 7.94. The molecule has 1 heterocycles. The molecule has 0 radical (unpaired) electrons. The zero-order valence-electron chi connectivity index (χ0n) is 12.3. The van der Waals surface area contributed by atoms with Crippen molar-refractivity contribution in [2.75, 3.05) is 23.8 Å². The van der Waals surface area contributed by atoms with Gasteiger partial charge in [0.2, 0.25) is 0 Å². The van der Waals surface area contributed by atoms with Crippen molar-refractivity contribution in [1.82, 2.24) is 9.97 Å². The normalized spacial score (nSPS) is 12.0. The lowest BCUT2D eigenvalue weighted by Crippen LogP contribution is -2.23. The smallest absolute Gasteiger partial charge is 0.148 e. The minimum atomic E-state index is 0.169. The molecule has 4 nitrogen and oxygen atoms in total. The molecule has 2 rings (SSSR count). The number of hydrogen-bond acceptors (Lipinski definition) is 4. The summed E-state index contributed by atoms with van der Waals surface area (Å²) in [6.45, 7) is 4.98. The van der Waals surface area contributed by atoms with Gasteiger partial charge >= 0.3 is 0 Å². The lowest BCUT2D eigenvalue weighted by molar-refractivity contribution is 0.725. The van der Waals surface area contributed by atoms with E-state index in [9.17, 15) is 0 Å². The summed E-state index contributed by atoms with van der Waals surface area (Å²) in [7, 11) is 2.02. The van der Waals surface area contributed by atoms with Gasteiger partial charge in [-0.05, 0) is 47.5 Å². The Kier molecular flexibility index (Phi) is 5.42. The van der Waals surface area contributed by atoms with E-state index in [4.69, 9.17) is 11.6 Å². The van der Waals surface area contributed by atoms with Gasteiger partial charge in [-0.2, -0.15) is 0 Å². The average Bonchev–Trinajstić information content (AvgIpc) is 2.49. The van der Waals surface area contributed by atoms with Crippen molar-refractivity contribution in [2.45, 2.75) is 19.9 Å². The predicted molar refractivity (Wildman–Crippen MR) is 92.2 cm³/mol. The third-order valence-corrected chi connectivity index (χ3v) is 4.36. The summed E-state index contributed by atoms with van der Waals surface area (Å²) in [5.41, 5.74) is 1.18. The molecule has 1 aromatic carbocycles. The molecule has 0 aliphatic rings. The molecular weight excluding hydrogens is 352 g/mol. The lowest BCUT2D eigenvalue weighted by Gasteiger charge is -2.27. The van der Waals surface area contributed by atoms with Gasteiger partial charge in [-0.3, -0.25) is 0 Å². The Balaban J connectivity index is 2.28. The minimum absolute atomic E-state index is 0.169. The second-order valence-corrected chi connectivity index (χ2v) is 5.96. The SMILES string of the molecule is CCNc1ncnc(N(C)C(C)c2ccc(Cl)cc2)c1Br. The number of aromatic nitrogens is 2. The van der Waals surface area contributed by atoms with Crippen LogP contribution in [0.3, 0.4) is 0 Å². The highest BCUT2D eigenvalue weighted by atomic mass is 79.9.